The highest BCUT2D eigenvalue weighted by Gasteiger charge is 2.42. The van der Waals surface area contributed by atoms with Gasteiger partial charge in [0.25, 0.3) is 0 Å². The van der Waals surface area contributed by atoms with Crippen LogP contribution in [0, 0.1) is 0 Å². The van der Waals surface area contributed by atoms with Crippen LogP contribution in [0.15, 0.2) is 48.5 Å². The summed E-state index contributed by atoms with van der Waals surface area (Å²) in [5.74, 6) is -0.390. The summed E-state index contributed by atoms with van der Waals surface area (Å²) in [5.41, 5.74) is 0.901. The number of ether oxygens (including phenoxy) is 3. The van der Waals surface area contributed by atoms with Crippen molar-refractivity contribution in [1.29, 1.82) is 0 Å². The van der Waals surface area contributed by atoms with E-state index in [1.807, 2.05) is 0 Å². The number of nitrogens with zero attached hydrogens (tertiary/aromatic N) is 1. The van der Waals surface area contributed by atoms with E-state index in [0.29, 0.717) is 11.1 Å². The molecule has 0 aliphatic rings. The average molecular weight is 537 g/mol. The van der Waals surface area contributed by atoms with Crippen LogP contribution in [0.1, 0.15) is 24.0 Å². The quantitative estimate of drug-likeness (QED) is 0.154. The van der Waals surface area contributed by atoms with Gasteiger partial charge in [-0.2, -0.15) is 35.6 Å². The molecule has 0 bridgehead atoms. The molecular formula is C22H21F10NO3. The molecule has 0 aliphatic carbocycles. The standard InChI is InChI=1S/C22H21F10NO3/c23-19(24)33(21(27,28)29)12-4-9-18(35-20(25)26)34-17-8-2-1-6-15(17)11-10-14-5-3-7-16(13-14)36-22(30,31)32/h1-3,5-8,13,18-20H,4,9-12H2. The van der Waals surface area contributed by atoms with E-state index in [2.05, 4.69) is 9.47 Å². The van der Waals surface area contributed by atoms with Crippen LogP contribution in [-0.2, 0) is 17.6 Å². The second-order valence-corrected chi connectivity index (χ2v) is 7.33. The van der Waals surface area contributed by atoms with Crippen LogP contribution in [0.4, 0.5) is 43.9 Å². The van der Waals surface area contributed by atoms with Gasteiger partial charge in [0.1, 0.15) is 11.5 Å². The topological polar surface area (TPSA) is 30.9 Å². The second kappa shape index (κ2) is 13.0. The largest absolute Gasteiger partial charge is 0.573 e. The zero-order chi connectivity index (χ0) is 26.9. The second-order valence-electron chi connectivity index (χ2n) is 7.33. The lowest BCUT2D eigenvalue weighted by Crippen LogP contribution is -2.42. The van der Waals surface area contributed by atoms with Gasteiger partial charge in [0.2, 0.25) is 6.29 Å². The Balaban J connectivity index is 2.06. The van der Waals surface area contributed by atoms with Crippen LogP contribution in [0.3, 0.4) is 0 Å². The van der Waals surface area contributed by atoms with Crippen LogP contribution >= 0.6 is 0 Å². The highest BCUT2D eigenvalue weighted by molar-refractivity contribution is 5.35. The summed E-state index contributed by atoms with van der Waals surface area (Å²) >= 11 is 0. The Morgan fingerprint density at radius 3 is 2.14 bits per heavy atom. The Morgan fingerprint density at radius 2 is 1.53 bits per heavy atom. The molecule has 0 amide bonds. The molecule has 0 saturated heterocycles. The number of benzene rings is 2. The minimum atomic E-state index is -5.32. The molecule has 0 aromatic heterocycles. The molecule has 0 aliphatic heterocycles. The SMILES string of the molecule is FC(F)OC(CCCN(C(F)F)C(F)(F)F)Oc1ccccc1CCc1cccc(OC(F)(F)F)c1. The number of hydrogen-bond donors (Lipinski definition) is 0. The van der Waals surface area contributed by atoms with Crippen molar-refractivity contribution >= 4 is 0 Å². The number of halogens is 10. The third kappa shape index (κ3) is 10.5. The molecule has 0 heterocycles. The van der Waals surface area contributed by atoms with Crippen molar-refractivity contribution in [2.45, 2.75) is 57.8 Å². The van der Waals surface area contributed by atoms with Gasteiger partial charge in [0.05, 0.1) is 0 Å². The molecule has 1 atom stereocenters. The molecule has 4 nitrogen and oxygen atoms in total. The van der Waals surface area contributed by atoms with E-state index in [0.717, 1.165) is 6.07 Å². The number of hydrogen-bond acceptors (Lipinski definition) is 4. The lowest BCUT2D eigenvalue weighted by atomic mass is 10.0. The van der Waals surface area contributed by atoms with Crippen molar-refractivity contribution in [3.05, 3.63) is 59.7 Å². The van der Waals surface area contributed by atoms with E-state index in [1.165, 1.54) is 24.3 Å². The van der Waals surface area contributed by atoms with E-state index in [4.69, 9.17) is 4.74 Å². The van der Waals surface area contributed by atoms with Gasteiger partial charge in [-0.05, 0) is 48.6 Å². The molecule has 2 aromatic carbocycles. The lowest BCUT2D eigenvalue weighted by molar-refractivity contribution is -0.294. The summed E-state index contributed by atoms with van der Waals surface area (Å²) < 4.78 is 140. The first-order chi connectivity index (χ1) is 16.7. The van der Waals surface area contributed by atoms with Crippen molar-refractivity contribution < 1.29 is 58.1 Å². The Kier molecular flexibility index (Phi) is 10.6. The maximum Gasteiger partial charge on any atom is 0.573 e. The smallest absolute Gasteiger partial charge is 0.464 e. The van der Waals surface area contributed by atoms with Crippen molar-refractivity contribution in [1.82, 2.24) is 4.90 Å². The van der Waals surface area contributed by atoms with Gasteiger partial charge in [-0.15, -0.1) is 13.2 Å². The molecule has 202 valence electrons. The number of rotatable bonds is 13. The highest BCUT2D eigenvalue weighted by Crippen LogP contribution is 2.28. The summed E-state index contributed by atoms with van der Waals surface area (Å²) in [5, 5.41) is 0. The van der Waals surface area contributed by atoms with E-state index < -0.39 is 62.1 Å². The van der Waals surface area contributed by atoms with Crippen LogP contribution < -0.4 is 9.47 Å². The predicted octanol–water partition coefficient (Wildman–Crippen LogP) is 7.14. The first-order valence-electron chi connectivity index (χ1n) is 10.4. The van der Waals surface area contributed by atoms with Crippen molar-refractivity contribution in [3.8, 4) is 11.5 Å². The summed E-state index contributed by atoms with van der Waals surface area (Å²) in [6.07, 6.45) is -12.7. The summed E-state index contributed by atoms with van der Waals surface area (Å²) in [6.45, 7) is -8.36. The maximum atomic E-state index is 12.8. The molecule has 36 heavy (non-hydrogen) atoms. The summed E-state index contributed by atoms with van der Waals surface area (Å²) in [7, 11) is 0. The normalized spacial score (nSPS) is 13.5. The van der Waals surface area contributed by atoms with E-state index >= 15 is 0 Å². The van der Waals surface area contributed by atoms with Crippen LogP contribution in [-0.4, -0.2) is 43.6 Å². The third-order valence-corrected chi connectivity index (χ3v) is 4.70. The van der Waals surface area contributed by atoms with Gasteiger partial charge >= 0.3 is 25.8 Å². The maximum absolute atomic E-state index is 12.8. The van der Waals surface area contributed by atoms with Crippen LogP contribution in [0.2, 0.25) is 0 Å². The molecular weight excluding hydrogens is 516 g/mol. The fourth-order valence-electron chi connectivity index (χ4n) is 3.18. The van der Waals surface area contributed by atoms with Crippen molar-refractivity contribution in [2.75, 3.05) is 6.54 Å². The van der Waals surface area contributed by atoms with Gasteiger partial charge < -0.3 is 9.47 Å². The monoisotopic (exact) mass is 537 g/mol. The molecule has 2 aromatic rings. The Bertz CT molecular complexity index is 937. The van der Waals surface area contributed by atoms with Gasteiger partial charge in [-0.3, -0.25) is 4.74 Å². The average Bonchev–Trinajstić information content (AvgIpc) is 2.73. The first-order valence-corrected chi connectivity index (χ1v) is 10.4. The number of alkyl halides is 10. The molecule has 2 rings (SSSR count). The molecule has 1 unspecified atom stereocenters. The zero-order valence-electron chi connectivity index (χ0n) is 18.3. The Hall–Kier alpha value is -2.74. The Morgan fingerprint density at radius 1 is 0.833 bits per heavy atom. The molecule has 0 fully saturated rings. The van der Waals surface area contributed by atoms with Gasteiger partial charge in [-0.1, -0.05) is 30.3 Å². The minimum Gasteiger partial charge on any atom is -0.464 e. The zero-order valence-corrected chi connectivity index (χ0v) is 18.3. The molecule has 0 radical (unpaired) electrons. The molecule has 0 saturated carbocycles. The minimum absolute atomic E-state index is 0.0346. The van der Waals surface area contributed by atoms with Gasteiger partial charge in [-0.25, -0.2) is 0 Å². The Labute approximate surface area is 199 Å². The number of para-hydroxylation sites is 1. The molecule has 14 heteroatoms. The fourth-order valence-corrected chi connectivity index (χ4v) is 3.18. The number of aryl methyl sites for hydroxylation is 2. The van der Waals surface area contributed by atoms with E-state index in [-0.39, 0.29) is 18.6 Å². The molecule has 0 spiro atoms. The lowest BCUT2D eigenvalue weighted by Gasteiger charge is -2.25. The van der Waals surface area contributed by atoms with Crippen LogP contribution in [0.25, 0.3) is 0 Å². The predicted molar refractivity (Wildman–Crippen MR) is 106 cm³/mol. The summed E-state index contributed by atoms with van der Waals surface area (Å²) in [6, 6.07) is 11.2. The van der Waals surface area contributed by atoms with E-state index in [1.54, 1.807) is 18.2 Å². The third-order valence-electron chi connectivity index (χ3n) is 4.70. The summed E-state index contributed by atoms with van der Waals surface area (Å²) in [4.78, 5) is -1.04. The van der Waals surface area contributed by atoms with Gasteiger partial charge in [0.15, 0.2) is 0 Å². The highest BCUT2D eigenvalue weighted by atomic mass is 19.4. The van der Waals surface area contributed by atoms with Crippen molar-refractivity contribution in [2.24, 2.45) is 0 Å². The fraction of sp³-hybridized carbons (Fsp3) is 0.455. The van der Waals surface area contributed by atoms with Crippen LogP contribution in [0.5, 0.6) is 11.5 Å². The van der Waals surface area contributed by atoms with Gasteiger partial charge in [0, 0.05) is 13.0 Å². The molecule has 0 N–H and O–H groups in total. The van der Waals surface area contributed by atoms with Crippen molar-refractivity contribution in [3.63, 3.8) is 0 Å². The van der Waals surface area contributed by atoms with E-state index in [9.17, 15) is 43.9 Å². The first kappa shape index (κ1) is 29.5.